The van der Waals surface area contributed by atoms with Gasteiger partial charge >= 0.3 is 0 Å². The van der Waals surface area contributed by atoms with Gasteiger partial charge in [-0.15, -0.1) is 0 Å². The average Bonchev–Trinajstić information content (AvgIpc) is 2.76. The third-order valence-corrected chi connectivity index (χ3v) is 5.14. The van der Waals surface area contributed by atoms with Gasteiger partial charge < -0.3 is 14.7 Å². The van der Waals surface area contributed by atoms with Gasteiger partial charge in [0.2, 0.25) is 0 Å². The molecule has 0 heterocycles. The second kappa shape index (κ2) is 10.8. The van der Waals surface area contributed by atoms with Gasteiger partial charge in [-0.1, -0.05) is 68.4 Å². The van der Waals surface area contributed by atoms with Crippen molar-refractivity contribution in [3.63, 3.8) is 0 Å². The summed E-state index contributed by atoms with van der Waals surface area (Å²) in [5, 5.41) is 9.83. The van der Waals surface area contributed by atoms with E-state index in [0.717, 1.165) is 29.8 Å². The smallest absolute Gasteiger partial charge is 0.119 e. The maximum absolute atomic E-state index is 9.83. The van der Waals surface area contributed by atoms with Crippen molar-refractivity contribution in [2.24, 2.45) is 5.92 Å². The van der Waals surface area contributed by atoms with Crippen molar-refractivity contribution in [1.29, 1.82) is 0 Å². The molecule has 0 bridgehead atoms. The number of aromatic hydroxyl groups is 1. The van der Waals surface area contributed by atoms with Gasteiger partial charge in [0.1, 0.15) is 18.1 Å². The zero-order valence-electron chi connectivity index (χ0n) is 19.0. The van der Waals surface area contributed by atoms with Crippen molar-refractivity contribution in [3.05, 3.63) is 95.6 Å². The van der Waals surface area contributed by atoms with Gasteiger partial charge in [-0.05, 0) is 78.5 Å². The first-order chi connectivity index (χ1) is 14.9. The molecule has 3 aromatic carbocycles. The third-order valence-electron chi connectivity index (χ3n) is 5.14. The molecule has 31 heavy (non-hydrogen) atoms. The van der Waals surface area contributed by atoms with E-state index in [1.54, 1.807) is 12.1 Å². The van der Waals surface area contributed by atoms with Crippen molar-refractivity contribution in [1.82, 2.24) is 4.90 Å². The number of ether oxygens (including phenoxy) is 1. The van der Waals surface area contributed by atoms with Gasteiger partial charge in [0, 0.05) is 6.54 Å². The molecule has 3 rings (SSSR count). The minimum Gasteiger partial charge on any atom is -0.508 e. The highest BCUT2D eigenvalue weighted by atomic mass is 16.5. The molecule has 0 saturated carbocycles. The first kappa shape index (κ1) is 22.6. The van der Waals surface area contributed by atoms with Crippen LogP contribution in [-0.4, -0.2) is 37.3 Å². The Morgan fingerprint density at radius 1 is 0.806 bits per heavy atom. The molecule has 0 aliphatic rings. The molecule has 1 N–H and O–H groups in total. The number of allylic oxidation sites excluding steroid dienone is 1. The van der Waals surface area contributed by atoms with Gasteiger partial charge in [-0.2, -0.15) is 0 Å². The number of phenolic OH excluding ortho intramolecular Hbond substituents is 1. The lowest BCUT2D eigenvalue weighted by Gasteiger charge is -2.19. The molecule has 0 aliphatic carbocycles. The molecule has 3 aromatic rings. The van der Waals surface area contributed by atoms with Crippen LogP contribution in [0, 0.1) is 5.92 Å². The Balaban J connectivity index is 2.07. The van der Waals surface area contributed by atoms with Crippen LogP contribution in [-0.2, 0) is 0 Å². The highest BCUT2D eigenvalue weighted by molar-refractivity contribution is 5.98. The standard InChI is InChI=1S/C28H33NO2/c1-21(2)20-27(22-8-6-5-7-9-22)28(23-10-14-25(30)15-11-23)24-12-16-26(17-13-24)31-19-18-29(3)4/h5-17,21,30H,18-20H2,1-4H3/b28-27-. The maximum atomic E-state index is 9.83. The van der Waals surface area contributed by atoms with Crippen LogP contribution < -0.4 is 4.74 Å². The SMILES string of the molecule is CC(C)C/C(=C(\c1ccc(O)cc1)c1ccc(OCCN(C)C)cc1)c1ccccc1. The largest absolute Gasteiger partial charge is 0.508 e. The predicted molar refractivity (Wildman–Crippen MR) is 130 cm³/mol. The van der Waals surface area contributed by atoms with Crippen LogP contribution in [0.5, 0.6) is 11.5 Å². The molecule has 3 heteroatoms. The molecule has 0 atom stereocenters. The lowest BCUT2D eigenvalue weighted by Crippen LogP contribution is -2.19. The van der Waals surface area contributed by atoms with Crippen LogP contribution >= 0.6 is 0 Å². The normalized spacial score (nSPS) is 12.2. The summed E-state index contributed by atoms with van der Waals surface area (Å²) >= 11 is 0. The topological polar surface area (TPSA) is 32.7 Å². The van der Waals surface area contributed by atoms with E-state index in [9.17, 15) is 5.11 Å². The Morgan fingerprint density at radius 3 is 1.94 bits per heavy atom. The number of hydrogen-bond acceptors (Lipinski definition) is 3. The maximum Gasteiger partial charge on any atom is 0.119 e. The summed E-state index contributed by atoms with van der Waals surface area (Å²) < 4.78 is 5.89. The number of rotatable bonds is 9. The molecule has 0 fully saturated rings. The molecule has 3 nitrogen and oxygen atoms in total. The van der Waals surface area contributed by atoms with E-state index >= 15 is 0 Å². The van der Waals surface area contributed by atoms with E-state index in [1.807, 2.05) is 38.4 Å². The molecular formula is C28H33NO2. The zero-order valence-corrected chi connectivity index (χ0v) is 19.0. The molecule has 0 amide bonds. The highest BCUT2D eigenvalue weighted by Crippen LogP contribution is 2.37. The number of nitrogens with zero attached hydrogens (tertiary/aromatic N) is 1. The number of benzene rings is 3. The van der Waals surface area contributed by atoms with E-state index in [1.165, 1.54) is 16.7 Å². The minimum absolute atomic E-state index is 0.276. The van der Waals surface area contributed by atoms with E-state index in [2.05, 4.69) is 61.2 Å². The third kappa shape index (κ3) is 6.47. The first-order valence-corrected chi connectivity index (χ1v) is 10.9. The molecule has 162 valence electrons. The average molecular weight is 416 g/mol. The summed E-state index contributed by atoms with van der Waals surface area (Å²) in [4.78, 5) is 2.11. The Kier molecular flexibility index (Phi) is 7.91. The molecule has 0 saturated heterocycles. The van der Waals surface area contributed by atoms with E-state index in [4.69, 9.17) is 4.74 Å². The van der Waals surface area contributed by atoms with Crippen LogP contribution in [0.2, 0.25) is 0 Å². The lowest BCUT2D eigenvalue weighted by atomic mass is 9.85. The van der Waals surface area contributed by atoms with E-state index in [-0.39, 0.29) is 5.75 Å². The lowest BCUT2D eigenvalue weighted by molar-refractivity contribution is 0.261. The molecule has 0 radical (unpaired) electrons. The van der Waals surface area contributed by atoms with Crippen LogP contribution in [0.1, 0.15) is 37.0 Å². The molecule has 0 unspecified atom stereocenters. The van der Waals surface area contributed by atoms with Gasteiger partial charge in [0.25, 0.3) is 0 Å². The van der Waals surface area contributed by atoms with Crippen molar-refractivity contribution in [2.45, 2.75) is 20.3 Å². The van der Waals surface area contributed by atoms with Crippen molar-refractivity contribution >= 4 is 11.1 Å². The second-order valence-corrected chi connectivity index (χ2v) is 8.54. The predicted octanol–water partition coefficient (Wildman–Crippen LogP) is 6.34. The fraction of sp³-hybridized carbons (Fsp3) is 0.286. The van der Waals surface area contributed by atoms with Crippen LogP contribution in [0.4, 0.5) is 0 Å². The van der Waals surface area contributed by atoms with E-state index < -0.39 is 0 Å². The van der Waals surface area contributed by atoms with Crippen LogP contribution in [0.3, 0.4) is 0 Å². The number of phenols is 1. The number of hydrogen-bond donors (Lipinski definition) is 1. The fourth-order valence-corrected chi connectivity index (χ4v) is 3.62. The Morgan fingerprint density at radius 2 is 1.39 bits per heavy atom. The first-order valence-electron chi connectivity index (χ1n) is 10.9. The van der Waals surface area contributed by atoms with Crippen LogP contribution in [0.25, 0.3) is 11.1 Å². The molecule has 0 aromatic heterocycles. The zero-order chi connectivity index (χ0) is 22.2. The molecule has 0 aliphatic heterocycles. The minimum atomic E-state index is 0.276. The monoisotopic (exact) mass is 415 g/mol. The van der Waals surface area contributed by atoms with Gasteiger partial charge in [-0.25, -0.2) is 0 Å². The second-order valence-electron chi connectivity index (χ2n) is 8.54. The summed E-state index contributed by atoms with van der Waals surface area (Å²) in [6, 6.07) is 26.4. The highest BCUT2D eigenvalue weighted by Gasteiger charge is 2.16. The quantitative estimate of drug-likeness (QED) is 0.414. The molecular weight excluding hydrogens is 382 g/mol. The molecule has 0 spiro atoms. The van der Waals surface area contributed by atoms with Crippen molar-refractivity contribution in [3.8, 4) is 11.5 Å². The van der Waals surface area contributed by atoms with Gasteiger partial charge in [0.05, 0.1) is 0 Å². The number of likely N-dealkylation sites (N-methyl/N-ethyl adjacent to an activating group) is 1. The summed E-state index contributed by atoms with van der Waals surface area (Å²) in [5.74, 6) is 1.66. The summed E-state index contributed by atoms with van der Waals surface area (Å²) in [7, 11) is 4.09. The fourth-order valence-electron chi connectivity index (χ4n) is 3.62. The summed E-state index contributed by atoms with van der Waals surface area (Å²) in [6.45, 7) is 6.04. The summed E-state index contributed by atoms with van der Waals surface area (Å²) in [6.07, 6.45) is 0.960. The van der Waals surface area contributed by atoms with Crippen molar-refractivity contribution < 1.29 is 9.84 Å². The Labute approximate surface area is 186 Å². The van der Waals surface area contributed by atoms with Gasteiger partial charge in [0.15, 0.2) is 0 Å². The van der Waals surface area contributed by atoms with Gasteiger partial charge in [-0.3, -0.25) is 0 Å². The Hall–Kier alpha value is -3.04. The Bertz CT molecular complexity index is 972. The van der Waals surface area contributed by atoms with Crippen molar-refractivity contribution in [2.75, 3.05) is 27.2 Å². The van der Waals surface area contributed by atoms with E-state index in [0.29, 0.717) is 12.5 Å². The summed E-state index contributed by atoms with van der Waals surface area (Å²) in [5.41, 5.74) is 5.97. The van der Waals surface area contributed by atoms with Crippen LogP contribution in [0.15, 0.2) is 78.9 Å².